The van der Waals surface area contributed by atoms with Gasteiger partial charge in [0.05, 0.1) is 6.54 Å². The standard InChI is InChI=1S/C17H23F2N3O3/c1-20-7-4-12-5-8-22(9-6-12)11-16(23)21-13-2-3-14-15(10-13)25-17(18,19)24-14/h2-3,10,12,20H,4-9,11H2,1H3,(H,21,23). The lowest BCUT2D eigenvalue weighted by Crippen LogP contribution is -2.39. The van der Waals surface area contributed by atoms with E-state index in [2.05, 4.69) is 25.0 Å². The summed E-state index contributed by atoms with van der Waals surface area (Å²) in [6.07, 6.45) is -0.302. The Kier molecular flexibility index (Phi) is 5.39. The van der Waals surface area contributed by atoms with E-state index >= 15 is 0 Å². The number of rotatable bonds is 6. The van der Waals surface area contributed by atoms with E-state index in [0.717, 1.165) is 32.5 Å². The number of ether oxygens (including phenoxy) is 2. The van der Waals surface area contributed by atoms with E-state index in [-0.39, 0.29) is 17.4 Å². The van der Waals surface area contributed by atoms with Crippen LogP contribution in [0.25, 0.3) is 0 Å². The third kappa shape index (κ3) is 4.79. The monoisotopic (exact) mass is 355 g/mol. The number of nitrogens with zero attached hydrogens (tertiary/aromatic N) is 1. The van der Waals surface area contributed by atoms with Crippen LogP contribution >= 0.6 is 0 Å². The van der Waals surface area contributed by atoms with E-state index in [9.17, 15) is 13.6 Å². The molecule has 6 nitrogen and oxygen atoms in total. The van der Waals surface area contributed by atoms with Crippen molar-refractivity contribution < 1.29 is 23.0 Å². The number of nitrogens with one attached hydrogen (secondary N) is 2. The summed E-state index contributed by atoms with van der Waals surface area (Å²) in [5.41, 5.74) is 0.411. The van der Waals surface area contributed by atoms with Crippen LogP contribution in [0, 0.1) is 5.92 Å². The molecular formula is C17H23F2N3O3. The van der Waals surface area contributed by atoms with Crippen molar-refractivity contribution in [3.8, 4) is 11.5 Å². The molecule has 2 N–H and O–H groups in total. The molecule has 1 aromatic rings. The predicted molar refractivity (Wildman–Crippen MR) is 89.0 cm³/mol. The summed E-state index contributed by atoms with van der Waals surface area (Å²) >= 11 is 0. The number of carbonyl (C=O) groups is 1. The minimum atomic E-state index is -3.65. The van der Waals surface area contributed by atoms with Gasteiger partial charge in [0.25, 0.3) is 0 Å². The quantitative estimate of drug-likeness (QED) is 0.820. The fraction of sp³-hybridized carbons (Fsp3) is 0.588. The molecule has 0 aromatic heterocycles. The van der Waals surface area contributed by atoms with Gasteiger partial charge in [-0.05, 0) is 64.0 Å². The number of hydrogen-bond donors (Lipinski definition) is 2. The molecule has 138 valence electrons. The summed E-state index contributed by atoms with van der Waals surface area (Å²) < 4.78 is 34.7. The summed E-state index contributed by atoms with van der Waals surface area (Å²) in [5, 5.41) is 5.89. The van der Waals surface area contributed by atoms with Gasteiger partial charge in [-0.25, -0.2) is 0 Å². The van der Waals surface area contributed by atoms with Gasteiger partial charge in [-0.3, -0.25) is 9.69 Å². The maximum Gasteiger partial charge on any atom is 0.586 e. The number of anilines is 1. The second-order valence-corrected chi connectivity index (χ2v) is 6.49. The number of fused-ring (bicyclic) bond motifs is 1. The lowest BCUT2D eigenvalue weighted by Gasteiger charge is -2.31. The zero-order valence-electron chi connectivity index (χ0n) is 14.2. The number of likely N-dealkylation sites (tertiary alicyclic amines) is 1. The zero-order valence-corrected chi connectivity index (χ0v) is 14.2. The van der Waals surface area contributed by atoms with E-state index in [1.54, 1.807) is 0 Å². The third-order valence-corrected chi connectivity index (χ3v) is 4.56. The van der Waals surface area contributed by atoms with Crippen LogP contribution in [0.15, 0.2) is 18.2 Å². The maximum absolute atomic E-state index is 13.0. The van der Waals surface area contributed by atoms with Crippen molar-refractivity contribution in [1.29, 1.82) is 0 Å². The van der Waals surface area contributed by atoms with Gasteiger partial charge >= 0.3 is 6.29 Å². The Bertz CT molecular complexity index is 619. The van der Waals surface area contributed by atoms with Crippen molar-refractivity contribution >= 4 is 11.6 Å². The first-order chi connectivity index (χ1) is 11.9. The first-order valence-electron chi connectivity index (χ1n) is 8.52. The molecule has 0 aliphatic carbocycles. The van der Waals surface area contributed by atoms with E-state index in [4.69, 9.17) is 0 Å². The molecule has 0 radical (unpaired) electrons. The van der Waals surface area contributed by atoms with Crippen LogP contribution in [0.5, 0.6) is 11.5 Å². The molecular weight excluding hydrogens is 332 g/mol. The molecule has 0 bridgehead atoms. The Labute approximate surface area is 145 Å². The highest BCUT2D eigenvalue weighted by molar-refractivity contribution is 5.92. The van der Waals surface area contributed by atoms with Crippen molar-refractivity contribution in [2.75, 3.05) is 38.5 Å². The highest BCUT2D eigenvalue weighted by atomic mass is 19.3. The number of amides is 1. The smallest absolute Gasteiger partial charge is 0.395 e. The highest BCUT2D eigenvalue weighted by Gasteiger charge is 2.43. The first kappa shape index (κ1) is 17.9. The van der Waals surface area contributed by atoms with Crippen LogP contribution in [-0.2, 0) is 4.79 Å². The lowest BCUT2D eigenvalue weighted by molar-refractivity contribution is -0.286. The van der Waals surface area contributed by atoms with Crippen molar-refractivity contribution in [1.82, 2.24) is 10.2 Å². The highest BCUT2D eigenvalue weighted by Crippen LogP contribution is 2.42. The molecule has 1 saturated heterocycles. The van der Waals surface area contributed by atoms with Crippen molar-refractivity contribution in [3.05, 3.63) is 18.2 Å². The normalized spacial score (nSPS) is 19.8. The van der Waals surface area contributed by atoms with Crippen LogP contribution in [0.1, 0.15) is 19.3 Å². The Balaban J connectivity index is 1.46. The van der Waals surface area contributed by atoms with Gasteiger partial charge in [-0.1, -0.05) is 0 Å². The molecule has 25 heavy (non-hydrogen) atoms. The Morgan fingerprint density at radius 1 is 1.28 bits per heavy atom. The number of hydrogen-bond acceptors (Lipinski definition) is 5. The molecule has 1 amide bonds. The Morgan fingerprint density at radius 2 is 2.00 bits per heavy atom. The maximum atomic E-state index is 13.0. The van der Waals surface area contributed by atoms with E-state index in [1.165, 1.54) is 24.6 Å². The average molecular weight is 355 g/mol. The molecule has 0 spiro atoms. The van der Waals surface area contributed by atoms with E-state index < -0.39 is 6.29 Å². The van der Waals surface area contributed by atoms with Crippen LogP contribution in [0.2, 0.25) is 0 Å². The summed E-state index contributed by atoms with van der Waals surface area (Å²) in [6, 6.07) is 4.22. The Morgan fingerprint density at radius 3 is 2.72 bits per heavy atom. The summed E-state index contributed by atoms with van der Waals surface area (Å²) in [6.45, 7) is 3.11. The van der Waals surface area contributed by atoms with Crippen LogP contribution in [-0.4, -0.2) is 50.3 Å². The molecule has 3 rings (SSSR count). The average Bonchev–Trinajstić information content (AvgIpc) is 2.87. The SMILES string of the molecule is CNCCC1CCN(CC(=O)Nc2ccc3c(c2)OC(F)(F)O3)CC1. The lowest BCUT2D eigenvalue weighted by atomic mass is 9.93. The molecule has 2 aliphatic rings. The number of halogens is 2. The van der Waals surface area contributed by atoms with E-state index in [1.807, 2.05) is 7.05 Å². The van der Waals surface area contributed by atoms with Gasteiger partial charge in [0.15, 0.2) is 11.5 Å². The first-order valence-corrected chi connectivity index (χ1v) is 8.52. The van der Waals surface area contributed by atoms with Crippen molar-refractivity contribution in [3.63, 3.8) is 0 Å². The molecule has 2 aliphatic heterocycles. The van der Waals surface area contributed by atoms with Gasteiger partial charge in [0, 0.05) is 11.8 Å². The van der Waals surface area contributed by atoms with Gasteiger partial charge in [-0.15, -0.1) is 8.78 Å². The molecule has 8 heteroatoms. The number of alkyl halides is 2. The largest absolute Gasteiger partial charge is 0.586 e. The van der Waals surface area contributed by atoms with Crippen molar-refractivity contribution in [2.45, 2.75) is 25.6 Å². The number of benzene rings is 1. The molecule has 0 unspecified atom stereocenters. The summed E-state index contributed by atoms with van der Waals surface area (Å²) in [4.78, 5) is 14.3. The van der Waals surface area contributed by atoms with Gasteiger partial charge in [0.2, 0.25) is 5.91 Å². The van der Waals surface area contributed by atoms with Crippen LogP contribution in [0.4, 0.5) is 14.5 Å². The molecule has 0 atom stereocenters. The zero-order chi connectivity index (χ0) is 17.9. The second kappa shape index (κ2) is 7.53. The third-order valence-electron chi connectivity index (χ3n) is 4.56. The molecule has 0 saturated carbocycles. The molecule has 1 fully saturated rings. The van der Waals surface area contributed by atoms with Crippen LogP contribution < -0.4 is 20.1 Å². The van der Waals surface area contributed by atoms with Gasteiger partial charge in [0.1, 0.15) is 0 Å². The van der Waals surface area contributed by atoms with E-state index in [0.29, 0.717) is 18.2 Å². The second-order valence-electron chi connectivity index (χ2n) is 6.49. The predicted octanol–water partition coefficient (Wildman–Crippen LogP) is 2.27. The summed E-state index contributed by atoms with van der Waals surface area (Å²) in [7, 11) is 1.96. The minimum absolute atomic E-state index is 0.0355. The van der Waals surface area contributed by atoms with Crippen molar-refractivity contribution in [2.24, 2.45) is 5.92 Å². The fourth-order valence-electron chi connectivity index (χ4n) is 3.21. The number of carbonyl (C=O) groups excluding carboxylic acids is 1. The molecule has 2 heterocycles. The molecule has 1 aromatic carbocycles. The Hall–Kier alpha value is -1.93. The summed E-state index contributed by atoms with van der Waals surface area (Å²) in [5.74, 6) is 0.432. The minimum Gasteiger partial charge on any atom is -0.395 e. The van der Waals surface area contributed by atoms with Gasteiger partial charge < -0.3 is 20.1 Å². The van der Waals surface area contributed by atoms with Gasteiger partial charge in [-0.2, -0.15) is 0 Å². The fourth-order valence-corrected chi connectivity index (χ4v) is 3.21. The van der Waals surface area contributed by atoms with Crippen LogP contribution in [0.3, 0.4) is 0 Å². The number of piperidine rings is 1. The topological polar surface area (TPSA) is 62.8 Å².